The van der Waals surface area contributed by atoms with Crippen LogP contribution in [0.15, 0.2) is 12.1 Å². The number of rotatable bonds is 7. The SMILES string of the molecule is CCCc1c(C(C)=O)ccc(OCCCBr)c1O. The number of Topliss-reactive ketones (excluding diaryl/α,β-unsaturated/α-hetero) is 1. The minimum atomic E-state index is -0.0271. The fourth-order valence-electron chi connectivity index (χ4n) is 1.80. The van der Waals surface area contributed by atoms with Gasteiger partial charge in [-0.25, -0.2) is 0 Å². The molecule has 1 rings (SSSR count). The van der Waals surface area contributed by atoms with E-state index in [-0.39, 0.29) is 11.5 Å². The van der Waals surface area contributed by atoms with Gasteiger partial charge in [0, 0.05) is 16.5 Å². The number of phenols is 1. The summed E-state index contributed by atoms with van der Waals surface area (Å²) in [5, 5.41) is 11.0. The molecule has 3 nitrogen and oxygen atoms in total. The summed E-state index contributed by atoms with van der Waals surface area (Å²) in [6.07, 6.45) is 2.42. The fraction of sp³-hybridized carbons (Fsp3) is 0.500. The molecule has 0 unspecified atom stereocenters. The molecular formula is C14H19BrO3. The molecule has 0 aliphatic rings. The first-order valence-corrected chi connectivity index (χ1v) is 7.28. The summed E-state index contributed by atoms with van der Waals surface area (Å²) < 4.78 is 5.51. The van der Waals surface area contributed by atoms with Crippen LogP contribution in [0.25, 0.3) is 0 Å². The number of halogens is 1. The average molecular weight is 315 g/mol. The van der Waals surface area contributed by atoms with Crippen molar-refractivity contribution in [2.75, 3.05) is 11.9 Å². The molecule has 0 amide bonds. The first kappa shape index (κ1) is 15.0. The first-order valence-electron chi connectivity index (χ1n) is 6.16. The summed E-state index contributed by atoms with van der Waals surface area (Å²) in [5.74, 6) is 0.546. The highest BCUT2D eigenvalue weighted by molar-refractivity contribution is 9.09. The third-order valence-electron chi connectivity index (χ3n) is 2.66. The first-order chi connectivity index (χ1) is 8.61. The molecule has 0 saturated carbocycles. The van der Waals surface area contributed by atoms with Crippen LogP contribution in [-0.4, -0.2) is 22.8 Å². The lowest BCUT2D eigenvalue weighted by Crippen LogP contribution is -2.03. The maximum atomic E-state index is 11.5. The van der Waals surface area contributed by atoms with E-state index in [9.17, 15) is 9.90 Å². The molecule has 0 fully saturated rings. The molecule has 18 heavy (non-hydrogen) atoms. The highest BCUT2D eigenvalue weighted by Crippen LogP contribution is 2.33. The van der Waals surface area contributed by atoms with E-state index in [1.54, 1.807) is 12.1 Å². The molecule has 1 aromatic carbocycles. The zero-order valence-corrected chi connectivity index (χ0v) is 12.4. The predicted molar refractivity (Wildman–Crippen MR) is 76.0 cm³/mol. The number of carbonyl (C=O) groups is 1. The Morgan fingerprint density at radius 3 is 2.72 bits per heavy atom. The summed E-state index contributed by atoms with van der Waals surface area (Å²) in [7, 11) is 0. The molecule has 0 aliphatic heterocycles. The molecule has 0 bridgehead atoms. The number of hydrogen-bond donors (Lipinski definition) is 1. The second-order valence-electron chi connectivity index (χ2n) is 4.14. The van der Waals surface area contributed by atoms with Crippen LogP contribution in [0, 0.1) is 0 Å². The Balaban J connectivity index is 3.01. The third-order valence-corrected chi connectivity index (χ3v) is 3.22. The summed E-state index contributed by atoms with van der Waals surface area (Å²) in [5.41, 5.74) is 1.28. The molecule has 0 spiro atoms. The van der Waals surface area contributed by atoms with Crippen molar-refractivity contribution >= 4 is 21.7 Å². The van der Waals surface area contributed by atoms with Crippen molar-refractivity contribution in [2.45, 2.75) is 33.1 Å². The Morgan fingerprint density at radius 2 is 2.17 bits per heavy atom. The van der Waals surface area contributed by atoms with E-state index in [1.165, 1.54) is 6.92 Å². The Bertz CT molecular complexity index is 416. The van der Waals surface area contributed by atoms with Crippen LogP contribution >= 0.6 is 15.9 Å². The summed E-state index contributed by atoms with van der Waals surface area (Å²) in [4.78, 5) is 11.5. The number of phenolic OH excluding ortho intramolecular Hbond substituents is 1. The standard InChI is InChI=1S/C14H19BrO3/c1-3-5-12-11(10(2)16)6-7-13(14(12)17)18-9-4-8-15/h6-7,17H,3-5,8-9H2,1-2H3. The highest BCUT2D eigenvalue weighted by atomic mass is 79.9. The van der Waals surface area contributed by atoms with Crippen molar-refractivity contribution in [1.82, 2.24) is 0 Å². The van der Waals surface area contributed by atoms with Crippen molar-refractivity contribution in [3.8, 4) is 11.5 Å². The van der Waals surface area contributed by atoms with E-state index in [4.69, 9.17) is 4.74 Å². The molecule has 0 atom stereocenters. The predicted octanol–water partition coefficient (Wildman–Crippen LogP) is 3.71. The van der Waals surface area contributed by atoms with Gasteiger partial charge in [0.1, 0.15) is 0 Å². The van der Waals surface area contributed by atoms with Gasteiger partial charge in [0.15, 0.2) is 17.3 Å². The van der Waals surface area contributed by atoms with Crippen LogP contribution in [-0.2, 0) is 6.42 Å². The molecule has 4 heteroatoms. The zero-order chi connectivity index (χ0) is 13.5. The second kappa shape index (κ2) is 7.41. The van der Waals surface area contributed by atoms with Crippen LogP contribution in [0.4, 0.5) is 0 Å². The number of aromatic hydroxyl groups is 1. The molecule has 0 heterocycles. The van der Waals surface area contributed by atoms with Gasteiger partial charge in [-0.1, -0.05) is 29.3 Å². The lowest BCUT2D eigenvalue weighted by Gasteiger charge is -2.13. The second-order valence-corrected chi connectivity index (χ2v) is 4.93. The maximum Gasteiger partial charge on any atom is 0.161 e. The van der Waals surface area contributed by atoms with Gasteiger partial charge in [0.05, 0.1) is 6.61 Å². The van der Waals surface area contributed by atoms with Crippen LogP contribution in [0.5, 0.6) is 11.5 Å². The van der Waals surface area contributed by atoms with Crippen molar-refractivity contribution in [3.63, 3.8) is 0 Å². The monoisotopic (exact) mass is 314 g/mol. The molecular weight excluding hydrogens is 296 g/mol. The molecule has 0 aromatic heterocycles. The topological polar surface area (TPSA) is 46.5 Å². The van der Waals surface area contributed by atoms with Crippen LogP contribution in [0.3, 0.4) is 0 Å². The van der Waals surface area contributed by atoms with Gasteiger partial charge in [-0.15, -0.1) is 0 Å². The van der Waals surface area contributed by atoms with Crippen LogP contribution in [0.1, 0.15) is 42.6 Å². The van der Waals surface area contributed by atoms with Crippen LogP contribution in [0.2, 0.25) is 0 Å². The minimum Gasteiger partial charge on any atom is -0.504 e. The number of ketones is 1. The maximum absolute atomic E-state index is 11.5. The summed E-state index contributed by atoms with van der Waals surface area (Å²) in [6.45, 7) is 4.07. The normalized spacial score (nSPS) is 10.4. The number of hydrogen-bond acceptors (Lipinski definition) is 3. The average Bonchev–Trinajstić information content (AvgIpc) is 2.34. The quantitative estimate of drug-likeness (QED) is 0.474. The Morgan fingerprint density at radius 1 is 1.44 bits per heavy atom. The highest BCUT2D eigenvalue weighted by Gasteiger charge is 2.15. The smallest absolute Gasteiger partial charge is 0.161 e. The summed E-state index contributed by atoms with van der Waals surface area (Å²) >= 11 is 3.32. The Labute approximate surface area is 116 Å². The number of carbonyl (C=O) groups excluding carboxylic acids is 1. The third kappa shape index (κ3) is 3.73. The van der Waals surface area contributed by atoms with Gasteiger partial charge in [-0.05, 0) is 31.9 Å². The van der Waals surface area contributed by atoms with E-state index < -0.39 is 0 Å². The number of benzene rings is 1. The van der Waals surface area contributed by atoms with Crippen molar-refractivity contribution < 1.29 is 14.6 Å². The van der Waals surface area contributed by atoms with Gasteiger partial charge < -0.3 is 9.84 Å². The molecule has 1 aromatic rings. The fourth-order valence-corrected chi connectivity index (χ4v) is 2.03. The van der Waals surface area contributed by atoms with E-state index >= 15 is 0 Å². The summed E-state index contributed by atoms with van der Waals surface area (Å²) in [6, 6.07) is 3.40. The van der Waals surface area contributed by atoms with Crippen LogP contribution < -0.4 is 4.74 Å². The van der Waals surface area contributed by atoms with Gasteiger partial charge >= 0.3 is 0 Å². The molecule has 0 radical (unpaired) electrons. The van der Waals surface area contributed by atoms with E-state index in [0.717, 1.165) is 18.2 Å². The van der Waals surface area contributed by atoms with E-state index in [1.807, 2.05) is 6.92 Å². The van der Waals surface area contributed by atoms with Crippen molar-refractivity contribution in [2.24, 2.45) is 0 Å². The Kier molecular flexibility index (Phi) is 6.19. The zero-order valence-electron chi connectivity index (χ0n) is 10.8. The van der Waals surface area contributed by atoms with E-state index in [2.05, 4.69) is 15.9 Å². The minimum absolute atomic E-state index is 0.0271. The molecule has 0 aliphatic carbocycles. The van der Waals surface area contributed by atoms with Gasteiger partial charge in [-0.3, -0.25) is 4.79 Å². The van der Waals surface area contributed by atoms with Crippen molar-refractivity contribution in [3.05, 3.63) is 23.3 Å². The number of alkyl halides is 1. The lowest BCUT2D eigenvalue weighted by atomic mass is 9.99. The van der Waals surface area contributed by atoms with Gasteiger partial charge in [0.25, 0.3) is 0 Å². The van der Waals surface area contributed by atoms with Gasteiger partial charge in [0.2, 0.25) is 0 Å². The van der Waals surface area contributed by atoms with Gasteiger partial charge in [-0.2, -0.15) is 0 Å². The lowest BCUT2D eigenvalue weighted by molar-refractivity contribution is 0.101. The number of ether oxygens (including phenoxy) is 1. The largest absolute Gasteiger partial charge is 0.504 e. The molecule has 100 valence electrons. The molecule has 0 saturated heterocycles. The molecule has 1 N–H and O–H groups in total. The van der Waals surface area contributed by atoms with E-state index in [0.29, 0.717) is 29.9 Å². The Hall–Kier alpha value is -1.03. The van der Waals surface area contributed by atoms with Crippen molar-refractivity contribution in [1.29, 1.82) is 0 Å².